The molecular weight excluding hydrogens is 216 g/mol. The van der Waals surface area contributed by atoms with Crippen LogP contribution in [0.4, 0.5) is 5.69 Å². The molecule has 1 aromatic carbocycles. The number of nitrogens with two attached hydrogens (primary N) is 1. The van der Waals surface area contributed by atoms with Crippen molar-refractivity contribution < 1.29 is 4.42 Å². The molecule has 0 radical (unpaired) electrons. The molecule has 5 heteroatoms. The van der Waals surface area contributed by atoms with Crippen molar-refractivity contribution in [3.05, 3.63) is 30.0 Å². The second-order valence-electron chi connectivity index (χ2n) is 4.08. The van der Waals surface area contributed by atoms with Gasteiger partial charge in [0.05, 0.1) is 0 Å². The molecule has 2 N–H and O–H groups in total. The van der Waals surface area contributed by atoms with Crippen molar-refractivity contribution in [2.45, 2.75) is 6.92 Å². The highest BCUT2D eigenvalue weighted by Gasteiger charge is 2.13. The average molecular weight is 228 g/mol. The summed E-state index contributed by atoms with van der Waals surface area (Å²) in [5.41, 5.74) is 9.66. The van der Waals surface area contributed by atoms with Crippen molar-refractivity contribution in [2.75, 3.05) is 5.73 Å². The van der Waals surface area contributed by atoms with Crippen molar-refractivity contribution in [3.8, 4) is 11.6 Å². The summed E-state index contributed by atoms with van der Waals surface area (Å²) in [7, 11) is 1.87. The standard InChI is InChI=1S/C12H12N4O/c1-7-6-16(2)15-11(7)12-14-9-5-8(13)3-4-10(9)17-12/h3-6H,13H2,1-2H3. The Kier molecular flexibility index (Phi) is 1.95. The molecule has 0 spiro atoms. The Morgan fingerprint density at radius 3 is 2.88 bits per heavy atom. The molecule has 86 valence electrons. The topological polar surface area (TPSA) is 69.9 Å². The molecule has 0 bridgehead atoms. The molecule has 0 saturated heterocycles. The van der Waals surface area contributed by atoms with Crippen molar-refractivity contribution in [3.63, 3.8) is 0 Å². The third kappa shape index (κ3) is 1.56. The van der Waals surface area contributed by atoms with E-state index in [1.54, 1.807) is 16.8 Å². The van der Waals surface area contributed by atoms with Gasteiger partial charge in [0.2, 0.25) is 5.89 Å². The van der Waals surface area contributed by atoms with Crippen LogP contribution in [0.2, 0.25) is 0 Å². The van der Waals surface area contributed by atoms with Crippen LogP contribution in [-0.4, -0.2) is 14.8 Å². The average Bonchev–Trinajstić information content (AvgIpc) is 2.80. The molecule has 17 heavy (non-hydrogen) atoms. The quantitative estimate of drug-likeness (QED) is 0.647. The second-order valence-corrected chi connectivity index (χ2v) is 4.08. The summed E-state index contributed by atoms with van der Waals surface area (Å²) in [6.45, 7) is 1.98. The zero-order valence-corrected chi connectivity index (χ0v) is 9.64. The lowest BCUT2D eigenvalue weighted by Crippen LogP contribution is -1.87. The minimum Gasteiger partial charge on any atom is -0.435 e. The third-order valence-electron chi connectivity index (χ3n) is 2.63. The van der Waals surface area contributed by atoms with E-state index in [-0.39, 0.29) is 0 Å². The predicted molar refractivity (Wildman–Crippen MR) is 65.4 cm³/mol. The lowest BCUT2D eigenvalue weighted by atomic mass is 10.3. The smallest absolute Gasteiger partial charge is 0.248 e. The van der Waals surface area contributed by atoms with E-state index >= 15 is 0 Å². The van der Waals surface area contributed by atoms with E-state index in [2.05, 4.69) is 10.1 Å². The minimum atomic E-state index is 0.531. The Morgan fingerprint density at radius 2 is 2.18 bits per heavy atom. The number of anilines is 1. The van der Waals surface area contributed by atoms with Crippen LogP contribution in [0.3, 0.4) is 0 Å². The molecule has 2 aromatic heterocycles. The van der Waals surface area contributed by atoms with Crippen LogP contribution in [-0.2, 0) is 7.05 Å². The SMILES string of the molecule is Cc1cn(C)nc1-c1nc2cc(N)ccc2o1. The number of rotatable bonds is 1. The highest BCUT2D eigenvalue weighted by atomic mass is 16.3. The zero-order chi connectivity index (χ0) is 12.0. The molecular formula is C12H12N4O. The molecule has 3 rings (SSSR count). The monoisotopic (exact) mass is 228 g/mol. The first-order valence-corrected chi connectivity index (χ1v) is 5.30. The van der Waals surface area contributed by atoms with Crippen molar-refractivity contribution in [2.24, 2.45) is 7.05 Å². The fraction of sp³-hybridized carbons (Fsp3) is 0.167. The van der Waals surface area contributed by atoms with E-state index < -0.39 is 0 Å². The number of oxazole rings is 1. The van der Waals surface area contributed by atoms with Gasteiger partial charge in [0.25, 0.3) is 0 Å². The highest BCUT2D eigenvalue weighted by Crippen LogP contribution is 2.26. The number of hydrogen-bond donors (Lipinski definition) is 1. The molecule has 0 aliphatic carbocycles. The summed E-state index contributed by atoms with van der Waals surface area (Å²) in [5.74, 6) is 0.531. The van der Waals surface area contributed by atoms with Gasteiger partial charge in [-0.2, -0.15) is 5.10 Å². The zero-order valence-electron chi connectivity index (χ0n) is 9.64. The van der Waals surface area contributed by atoms with Gasteiger partial charge >= 0.3 is 0 Å². The van der Waals surface area contributed by atoms with Gasteiger partial charge in [0.1, 0.15) is 5.52 Å². The number of aryl methyl sites for hydroxylation is 2. The fourth-order valence-electron chi connectivity index (χ4n) is 1.86. The lowest BCUT2D eigenvalue weighted by Gasteiger charge is -1.89. The largest absolute Gasteiger partial charge is 0.435 e. The van der Waals surface area contributed by atoms with E-state index in [1.807, 2.05) is 26.2 Å². The molecule has 2 heterocycles. The van der Waals surface area contributed by atoms with Gasteiger partial charge in [-0.1, -0.05) is 0 Å². The maximum absolute atomic E-state index is 5.70. The van der Waals surface area contributed by atoms with Gasteiger partial charge in [0.15, 0.2) is 11.3 Å². The first-order valence-electron chi connectivity index (χ1n) is 5.30. The van der Waals surface area contributed by atoms with Crippen LogP contribution in [0.1, 0.15) is 5.56 Å². The predicted octanol–water partition coefficient (Wildman–Crippen LogP) is 2.12. The maximum Gasteiger partial charge on any atom is 0.248 e. The van der Waals surface area contributed by atoms with Crippen LogP contribution in [0, 0.1) is 6.92 Å². The Morgan fingerprint density at radius 1 is 1.35 bits per heavy atom. The van der Waals surface area contributed by atoms with Crippen LogP contribution in [0.25, 0.3) is 22.7 Å². The van der Waals surface area contributed by atoms with E-state index in [4.69, 9.17) is 10.2 Å². The molecule has 3 aromatic rings. The van der Waals surface area contributed by atoms with Crippen molar-refractivity contribution in [1.29, 1.82) is 0 Å². The number of benzene rings is 1. The van der Waals surface area contributed by atoms with Gasteiger partial charge in [0, 0.05) is 18.9 Å². The van der Waals surface area contributed by atoms with Gasteiger partial charge in [-0.3, -0.25) is 4.68 Å². The first-order chi connectivity index (χ1) is 8.13. The Hall–Kier alpha value is -2.30. The van der Waals surface area contributed by atoms with Crippen LogP contribution < -0.4 is 5.73 Å². The van der Waals surface area contributed by atoms with E-state index in [0.29, 0.717) is 11.6 Å². The lowest BCUT2D eigenvalue weighted by molar-refractivity contribution is 0.613. The molecule has 0 atom stereocenters. The minimum absolute atomic E-state index is 0.531. The second kappa shape index (κ2) is 3.35. The molecule has 0 fully saturated rings. The summed E-state index contributed by atoms with van der Waals surface area (Å²) < 4.78 is 7.40. The van der Waals surface area contributed by atoms with E-state index in [1.165, 1.54) is 0 Å². The van der Waals surface area contributed by atoms with Crippen LogP contribution in [0.15, 0.2) is 28.8 Å². The normalized spacial score (nSPS) is 11.2. The third-order valence-corrected chi connectivity index (χ3v) is 2.63. The number of hydrogen-bond acceptors (Lipinski definition) is 4. The highest BCUT2D eigenvalue weighted by molar-refractivity contribution is 5.79. The molecule has 0 aliphatic heterocycles. The summed E-state index contributed by atoms with van der Waals surface area (Å²) in [6.07, 6.45) is 1.93. The van der Waals surface area contributed by atoms with Crippen molar-refractivity contribution >= 4 is 16.8 Å². The first kappa shape index (κ1) is 9.89. The van der Waals surface area contributed by atoms with Gasteiger partial charge in [-0.25, -0.2) is 4.98 Å². The Bertz CT molecular complexity index is 696. The van der Waals surface area contributed by atoms with Gasteiger partial charge < -0.3 is 10.2 Å². The number of aromatic nitrogens is 3. The molecule has 0 amide bonds. The van der Waals surface area contributed by atoms with Gasteiger partial charge in [-0.05, 0) is 30.7 Å². The van der Waals surface area contributed by atoms with Crippen LogP contribution in [0.5, 0.6) is 0 Å². The number of fused-ring (bicyclic) bond motifs is 1. The number of nitrogens with zero attached hydrogens (tertiary/aromatic N) is 3. The van der Waals surface area contributed by atoms with Gasteiger partial charge in [-0.15, -0.1) is 0 Å². The molecule has 0 unspecified atom stereocenters. The van der Waals surface area contributed by atoms with Crippen LogP contribution >= 0.6 is 0 Å². The van der Waals surface area contributed by atoms with E-state index in [9.17, 15) is 0 Å². The Labute approximate surface area is 97.9 Å². The fourth-order valence-corrected chi connectivity index (χ4v) is 1.86. The molecule has 5 nitrogen and oxygen atoms in total. The number of nitrogen functional groups attached to an aromatic ring is 1. The summed E-state index contributed by atoms with van der Waals surface area (Å²) in [5, 5.41) is 4.33. The molecule has 0 saturated carbocycles. The summed E-state index contributed by atoms with van der Waals surface area (Å²) >= 11 is 0. The van der Waals surface area contributed by atoms with Crippen molar-refractivity contribution in [1.82, 2.24) is 14.8 Å². The summed E-state index contributed by atoms with van der Waals surface area (Å²) in [4.78, 5) is 4.40. The van der Waals surface area contributed by atoms with E-state index in [0.717, 1.165) is 22.4 Å². The molecule has 0 aliphatic rings. The summed E-state index contributed by atoms with van der Waals surface area (Å²) in [6, 6.07) is 5.41. The Balaban J connectivity index is 2.21. The maximum atomic E-state index is 5.70.